The summed E-state index contributed by atoms with van der Waals surface area (Å²) in [5.74, 6) is 1.57. The van der Waals surface area contributed by atoms with Gasteiger partial charge in [-0.3, -0.25) is 0 Å². The lowest BCUT2D eigenvalue weighted by molar-refractivity contribution is 0.216. The van der Waals surface area contributed by atoms with E-state index in [4.69, 9.17) is 9.47 Å². The molecule has 0 spiro atoms. The summed E-state index contributed by atoms with van der Waals surface area (Å²) in [5.41, 5.74) is 1.95. The number of nitrogens with zero attached hydrogens (tertiary/aromatic N) is 4. The molecule has 0 N–H and O–H groups in total. The van der Waals surface area contributed by atoms with E-state index in [0.29, 0.717) is 13.2 Å². The van der Waals surface area contributed by atoms with Gasteiger partial charge in [0, 0.05) is 10.0 Å². The van der Waals surface area contributed by atoms with Crippen molar-refractivity contribution in [3.63, 3.8) is 0 Å². The Morgan fingerprint density at radius 1 is 1.04 bits per heavy atom. The zero-order valence-corrected chi connectivity index (χ0v) is 16.2. The second kappa shape index (κ2) is 9.68. The number of rotatable bonds is 9. The van der Waals surface area contributed by atoms with Crippen LogP contribution >= 0.6 is 15.9 Å². The van der Waals surface area contributed by atoms with Gasteiger partial charge in [-0.05, 0) is 36.2 Å². The van der Waals surface area contributed by atoms with Gasteiger partial charge in [-0.25, -0.2) is 4.68 Å². The number of allylic oxidation sites excluding steroid dienone is 1. The molecule has 1 aromatic heterocycles. The molecule has 27 heavy (non-hydrogen) atoms. The predicted octanol–water partition coefficient (Wildman–Crippen LogP) is 4.11. The van der Waals surface area contributed by atoms with Crippen molar-refractivity contribution in [1.29, 1.82) is 0 Å². The number of hydrogen-bond donors (Lipinski definition) is 0. The number of hydrogen-bond acceptors (Lipinski definition) is 5. The Bertz CT molecular complexity index is 910. The van der Waals surface area contributed by atoms with Gasteiger partial charge in [-0.1, -0.05) is 40.2 Å². The van der Waals surface area contributed by atoms with Crippen molar-refractivity contribution in [2.75, 3.05) is 13.2 Å². The van der Waals surface area contributed by atoms with Crippen LogP contribution in [0.15, 0.2) is 77.3 Å². The van der Waals surface area contributed by atoms with E-state index < -0.39 is 0 Å². The minimum Gasteiger partial charge on any atom is -0.490 e. The van der Waals surface area contributed by atoms with Crippen LogP contribution in [0.25, 0.3) is 0 Å². The molecule has 0 aliphatic heterocycles. The summed E-state index contributed by atoms with van der Waals surface area (Å²) in [7, 11) is 0. The summed E-state index contributed by atoms with van der Waals surface area (Å²) in [4.78, 5) is 0. The zero-order valence-electron chi connectivity index (χ0n) is 14.7. The Labute approximate surface area is 166 Å². The molecule has 0 unspecified atom stereocenters. The van der Waals surface area contributed by atoms with Crippen LogP contribution in [0.2, 0.25) is 0 Å². The van der Waals surface area contributed by atoms with Crippen LogP contribution in [0.4, 0.5) is 0 Å². The standard InChI is InChI=1S/C20H19BrN4O2/c1-2-5-16-6-3-4-7-19(16)26-10-11-27-20-9-8-18(21)12-17(20)13-24-25-14-22-23-15-25/h2-4,6-9,12-15H,1,5,10-11H2/b24-13-. The molecule has 0 amide bonds. The summed E-state index contributed by atoms with van der Waals surface area (Å²) in [6, 6.07) is 13.7. The molecule has 3 aromatic rings. The van der Waals surface area contributed by atoms with Crippen molar-refractivity contribution in [3.8, 4) is 11.5 Å². The van der Waals surface area contributed by atoms with Crippen LogP contribution in [-0.4, -0.2) is 34.3 Å². The minimum atomic E-state index is 0.414. The lowest BCUT2D eigenvalue weighted by Gasteiger charge is -2.12. The first-order valence-corrected chi connectivity index (χ1v) is 9.18. The van der Waals surface area contributed by atoms with Crippen LogP contribution in [0.5, 0.6) is 11.5 Å². The van der Waals surface area contributed by atoms with E-state index >= 15 is 0 Å². The largest absolute Gasteiger partial charge is 0.490 e. The molecule has 0 bridgehead atoms. The van der Waals surface area contributed by atoms with E-state index in [1.54, 1.807) is 6.21 Å². The highest BCUT2D eigenvalue weighted by Crippen LogP contribution is 2.22. The molecule has 2 aromatic carbocycles. The fourth-order valence-electron chi connectivity index (χ4n) is 2.41. The quantitative estimate of drug-likeness (QED) is 0.293. The molecule has 138 valence electrons. The summed E-state index contributed by atoms with van der Waals surface area (Å²) >= 11 is 3.47. The molecular weight excluding hydrogens is 408 g/mol. The summed E-state index contributed by atoms with van der Waals surface area (Å²) in [6.07, 6.45) is 7.37. The Hall–Kier alpha value is -2.93. The summed E-state index contributed by atoms with van der Waals surface area (Å²) in [6.45, 7) is 4.63. The Kier molecular flexibility index (Phi) is 6.76. The smallest absolute Gasteiger partial charge is 0.141 e. The summed E-state index contributed by atoms with van der Waals surface area (Å²) < 4.78 is 14.2. The van der Waals surface area contributed by atoms with E-state index in [-0.39, 0.29) is 0 Å². The van der Waals surface area contributed by atoms with Crippen LogP contribution in [0.3, 0.4) is 0 Å². The third kappa shape index (κ3) is 5.52. The van der Waals surface area contributed by atoms with Crippen LogP contribution in [-0.2, 0) is 6.42 Å². The molecular formula is C20H19BrN4O2. The van der Waals surface area contributed by atoms with Gasteiger partial charge < -0.3 is 9.47 Å². The van der Waals surface area contributed by atoms with Crippen molar-refractivity contribution >= 4 is 22.1 Å². The molecule has 7 heteroatoms. The molecule has 1 heterocycles. The molecule has 0 atom stereocenters. The average molecular weight is 427 g/mol. The maximum atomic E-state index is 5.89. The van der Waals surface area contributed by atoms with E-state index in [1.165, 1.54) is 17.3 Å². The fourth-order valence-corrected chi connectivity index (χ4v) is 2.79. The van der Waals surface area contributed by atoms with Crippen molar-refractivity contribution in [2.45, 2.75) is 6.42 Å². The second-order valence-electron chi connectivity index (χ2n) is 5.57. The third-order valence-corrected chi connectivity index (χ3v) is 4.14. The van der Waals surface area contributed by atoms with Gasteiger partial charge in [-0.2, -0.15) is 5.10 Å². The highest BCUT2D eigenvalue weighted by atomic mass is 79.9. The van der Waals surface area contributed by atoms with Crippen LogP contribution in [0.1, 0.15) is 11.1 Å². The number of aromatic nitrogens is 3. The lowest BCUT2D eigenvalue weighted by Crippen LogP contribution is -2.11. The van der Waals surface area contributed by atoms with Gasteiger partial charge in [0.1, 0.15) is 37.4 Å². The first kappa shape index (κ1) is 18.8. The minimum absolute atomic E-state index is 0.414. The van der Waals surface area contributed by atoms with Gasteiger partial charge in [-0.15, -0.1) is 16.8 Å². The van der Waals surface area contributed by atoms with Crippen LogP contribution < -0.4 is 9.47 Å². The van der Waals surface area contributed by atoms with Gasteiger partial charge in [0.25, 0.3) is 0 Å². The molecule has 3 rings (SSSR count). The fraction of sp³-hybridized carbons (Fsp3) is 0.150. The maximum Gasteiger partial charge on any atom is 0.141 e. The van der Waals surface area contributed by atoms with E-state index in [9.17, 15) is 0 Å². The van der Waals surface area contributed by atoms with Crippen molar-refractivity contribution in [3.05, 3.63) is 83.4 Å². The molecule has 6 nitrogen and oxygen atoms in total. The van der Waals surface area contributed by atoms with Gasteiger partial charge in [0.2, 0.25) is 0 Å². The normalized spacial score (nSPS) is 10.9. The third-order valence-electron chi connectivity index (χ3n) is 3.64. The topological polar surface area (TPSA) is 61.5 Å². The number of halogens is 1. The van der Waals surface area contributed by atoms with Crippen molar-refractivity contribution in [1.82, 2.24) is 14.9 Å². The molecule has 0 aliphatic carbocycles. The Morgan fingerprint density at radius 3 is 2.56 bits per heavy atom. The zero-order chi connectivity index (χ0) is 18.9. The predicted molar refractivity (Wildman–Crippen MR) is 108 cm³/mol. The Balaban J connectivity index is 1.60. The molecule has 0 aliphatic rings. The monoisotopic (exact) mass is 426 g/mol. The summed E-state index contributed by atoms with van der Waals surface area (Å²) in [5, 5.41) is 11.7. The van der Waals surface area contributed by atoms with E-state index in [1.807, 2.05) is 48.5 Å². The Morgan fingerprint density at radius 2 is 1.78 bits per heavy atom. The SMILES string of the molecule is C=CCc1ccccc1OCCOc1ccc(Br)cc1/C=N\n1cnnc1. The molecule has 0 saturated heterocycles. The van der Waals surface area contributed by atoms with Gasteiger partial charge in [0.15, 0.2) is 0 Å². The second-order valence-corrected chi connectivity index (χ2v) is 6.48. The highest BCUT2D eigenvalue weighted by Gasteiger charge is 2.05. The number of para-hydroxylation sites is 1. The van der Waals surface area contributed by atoms with Crippen LogP contribution in [0, 0.1) is 0 Å². The van der Waals surface area contributed by atoms with Crippen molar-refractivity contribution < 1.29 is 9.47 Å². The lowest BCUT2D eigenvalue weighted by atomic mass is 10.1. The molecule has 0 saturated carbocycles. The van der Waals surface area contributed by atoms with E-state index in [2.05, 4.69) is 37.8 Å². The molecule has 0 radical (unpaired) electrons. The maximum absolute atomic E-state index is 5.89. The van der Waals surface area contributed by atoms with Crippen molar-refractivity contribution in [2.24, 2.45) is 5.10 Å². The average Bonchev–Trinajstić information content (AvgIpc) is 3.20. The van der Waals surface area contributed by atoms with Gasteiger partial charge in [0.05, 0.1) is 6.21 Å². The number of ether oxygens (including phenoxy) is 2. The first-order chi connectivity index (χ1) is 13.3. The number of benzene rings is 2. The molecule has 0 fully saturated rings. The van der Waals surface area contributed by atoms with Gasteiger partial charge >= 0.3 is 0 Å². The highest BCUT2D eigenvalue weighted by molar-refractivity contribution is 9.10. The van der Waals surface area contributed by atoms with E-state index in [0.717, 1.165) is 33.5 Å². The first-order valence-electron chi connectivity index (χ1n) is 8.39.